The molecular formula is C19H31N5O4S. The number of nitrogens with one attached hydrogen (secondary N) is 4. The molecule has 0 aliphatic heterocycles. The lowest BCUT2D eigenvalue weighted by Gasteiger charge is -2.12. The minimum Gasteiger partial charge on any atom is -0.383 e. The molecular weight excluding hydrogens is 394 g/mol. The summed E-state index contributed by atoms with van der Waals surface area (Å²) in [5, 5.41) is 9.20. The number of benzene rings is 1. The molecule has 1 fully saturated rings. The third kappa shape index (κ3) is 8.38. The van der Waals surface area contributed by atoms with Crippen LogP contribution in [0.4, 0.5) is 0 Å². The molecule has 10 heteroatoms. The van der Waals surface area contributed by atoms with Crippen LogP contribution in [-0.4, -0.2) is 60.2 Å². The molecule has 1 aromatic carbocycles. The summed E-state index contributed by atoms with van der Waals surface area (Å²) in [6.07, 6.45) is 1.97. The van der Waals surface area contributed by atoms with Gasteiger partial charge in [-0.1, -0.05) is 12.1 Å². The van der Waals surface area contributed by atoms with Crippen molar-refractivity contribution in [2.75, 3.05) is 39.9 Å². The first kappa shape index (κ1) is 23.1. The number of amides is 1. The van der Waals surface area contributed by atoms with Gasteiger partial charge in [-0.15, -0.1) is 0 Å². The molecule has 1 saturated carbocycles. The van der Waals surface area contributed by atoms with Gasteiger partial charge >= 0.3 is 0 Å². The molecule has 0 saturated heterocycles. The molecule has 0 atom stereocenters. The van der Waals surface area contributed by atoms with Crippen molar-refractivity contribution in [2.45, 2.75) is 31.2 Å². The van der Waals surface area contributed by atoms with E-state index in [1.54, 1.807) is 18.2 Å². The number of methoxy groups -OCH3 is 1. The summed E-state index contributed by atoms with van der Waals surface area (Å²) in [6, 6.07) is 6.69. The van der Waals surface area contributed by atoms with Crippen molar-refractivity contribution < 1.29 is 17.9 Å². The van der Waals surface area contributed by atoms with Crippen LogP contribution >= 0.6 is 0 Å². The van der Waals surface area contributed by atoms with Gasteiger partial charge in [-0.05, 0) is 37.5 Å². The Morgan fingerprint density at radius 1 is 1.17 bits per heavy atom. The Hall–Kier alpha value is -2.17. The third-order valence-corrected chi connectivity index (χ3v) is 5.69. The quantitative estimate of drug-likeness (QED) is 0.216. The normalized spacial score (nSPS) is 14.5. The van der Waals surface area contributed by atoms with Crippen molar-refractivity contribution in [2.24, 2.45) is 10.9 Å². The number of ether oxygens (including phenoxy) is 1. The SMILES string of the molecule is CCNC(=NCc1cccc(S(=O)(=O)NCCOC)c1)NCCNC(=O)C1CC1. The number of aliphatic imine (C=N–C) groups is 1. The molecule has 0 aromatic heterocycles. The maximum Gasteiger partial charge on any atom is 0.240 e. The zero-order chi connectivity index (χ0) is 21.1. The van der Waals surface area contributed by atoms with Crippen LogP contribution in [0.2, 0.25) is 0 Å². The number of nitrogens with zero attached hydrogens (tertiary/aromatic N) is 1. The zero-order valence-corrected chi connectivity index (χ0v) is 17.8. The van der Waals surface area contributed by atoms with E-state index in [-0.39, 0.29) is 23.3 Å². The van der Waals surface area contributed by atoms with Crippen LogP contribution < -0.4 is 20.7 Å². The Morgan fingerprint density at radius 3 is 2.62 bits per heavy atom. The monoisotopic (exact) mass is 425 g/mol. The highest BCUT2D eigenvalue weighted by Crippen LogP contribution is 2.28. The lowest BCUT2D eigenvalue weighted by atomic mass is 10.2. The molecule has 1 aliphatic rings. The predicted molar refractivity (Wildman–Crippen MR) is 112 cm³/mol. The van der Waals surface area contributed by atoms with Gasteiger partial charge in [0.05, 0.1) is 18.0 Å². The Labute approximate surface area is 172 Å². The number of rotatable bonds is 12. The molecule has 0 heterocycles. The van der Waals surface area contributed by atoms with Gasteiger partial charge in [-0.3, -0.25) is 4.79 Å². The second kappa shape index (κ2) is 11.7. The molecule has 29 heavy (non-hydrogen) atoms. The molecule has 9 nitrogen and oxygen atoms in total. The summed E-state index contributed by atoms with van der Waals surface area (Å²) in [5.41, 5.74) is 0.777. The van der Waals surface area contributed by atoms with E-state index in [4.69, 9.17) is 4.74 Å². The molecule has 0 unspecified atom stereocenters. The molecule has 1 aliphatic carbocycles. The lowest BCUT2D eigenvalue weighted by Crippen LogP contribution is -2.41. The third-order valence-electron chi connectivity index (χ3n) is 4.24. The van der Waals surface area contributed by atoms with Gasteiger partial charge in [0.15, 0.2) is 5.96 Å². The summed E-state index contributed by atoms with van der Waals surface area (Å²) in [7, 11) is -2.06. The molecule has 2 rings (SSSR count). The number of carbonyl (C=O) groups is 1. The van der Waals surface area contributed by atoms with Gasteiger partial charge in [0.25, 0.3) is 0 Å². The average Bonchev–Trinajstić information content (AvgIpc) is 3.55. The van der Waals surface area contributed by atoms with Crippen LogP contribution in [0, 0.1) is 5.92 Å². The summed E-state index contributed by atoms with van der Waals surface area (Å²) < 4.78 is 32.0. The second-order valence-electron chi connectivity index (χ2n) is 6.73. The van der Waals surface area contributed by atoms with E-state index in [2.05, 4.69) is 25.7 Å². The molecule has 1 aromatic rings. The van der Waals surface area contributed by atoms with Gasteiger partial charge in [-0.2, -0.15) is 0 Å². The van der Waals surface area contributed by atoms with Crippen LogP contribution in [0.5, 0.6) is 0 Å². The Bertz CT molecular complexity index is 794. The lowest BCUT2D eigenvalue weighted by molar-refractivity contribution is -0.122. The van der Waals surface area contributed by atoms with Gasteiger partial charge in [0.1, 0.15) is 0 Å². The van der Waals surface area contributed by atoms with Crippen LogP contribution in [0.1, 0.15) is 25.3 Å². The highest BCUT2D eigenvalue weighted by atomic mass is 32.2. The first-order valence-electron chi connectivity index (χ1n) is 9.83. The first-order valence-corrected chi connectivity index (χ1v) is 11.3. The minimum atomic E-state index is -3.58. The van der Waals surface area contributed by atoms with Crippen LogP contribution in [0.3, 0.4) is 0 Å². The molecule has 1 amide bonds. The second-order valence-corrected chi connectivity index (χ2v) is 8.49. The fourth-order valence-corrected chi connectivity index (χ4v) is 3.62. The van der Waals surface area contributed by atoms with E-state index >= 15 is 0 Å². The fourth-order valence-electron chi connectivity index (χ4n) is 2.54. The van der Waals surface area contributed by atoms with E-state index in [1.165, 1.54) is 7.11 Å². The van der Waals surface area contributed by atoms with Crippen LogP contribution in [-0.2, 0) is 26.1 Å². The summed E-state index contributed by atoms with van der Waals surface area (Å²) in [6.45, 7) is 4.59. The van der Waals surface area contributed by atoms with E-state index in [0.717, 1.165) is 18.4 Å². The van der Waals surface area contributed by atoms with E-state index in [0.29, 0.717) is 38.7 Å². The van der Waals surface area contributed by atoms with Crippen molar-refractivity contribution in [1.82, 2.24) is 20.7 Å². The Balaban J connectivity index is 1.89. The van der Waals surface area contributed by atoms with Gasteiger partial charge < -0.3 is 20.7 Å². The maximum atomic E-state index is 12.3. The highest BCUT2D eigenvalue weighted by Gasteiger charge is 2.28. The van der Waals surface area contributed by atoms with Crippen LogP contribution in [0.15, 0.2) is 34.2 Å². The van der Waals surface area contributed by atoms with Gasteiger partial charge in [0, 0.05) is 39.2 Å². The zero-order valence-electron chi connectivity index (χ0n) is 17.0. The van der Waals surface area contributed by atoms with Crippen molar-refractivity contribution >= 4 is 21.9 Å². The van der Waals surface area contributed by atoms with Crippen LogP contribution in [0.25, 0.3) is 0 Å². The molecule has 0 bridgehead atoms. The molecule has 0 radical (unpaired) electrons. The van der Waals surface area contributed by atoms with Gasteiger partial charge in [-0.25, -0.2) is 18.1 Å². The molecule has 4 N–H and O–H groups in total. The van der Waals surface area contributed by atoms with E-state index in [1.807, 2.05) is 13.0 Å². The summed E-state index contributed by atoms with van der Waals surface area (Å²) >= 11 is 0. The molecule has 162 valence electrons. The van der Waals surface area contributed by atoms with Crippen molar-refractivity contribution in [3.8, 4) is 0 Å². The fraction of sp³-hybridized carbons (Fsp3) is 0.579. The number of hydrogen-bond acceptors (Lipinski definition) is 5. The number of guanidine groups is 1. The molecule has 0 spiro atoms. The average molecular weight is 426 g/mol. The Kier molecular flexibility index (Phi) is 9.36. The number of carbonyl (C=O) groups excluding carboxylic acids is 1. The van der Waals surface area contributed by atoms with Crippen molar-refractivity contribution in [3.63, 3.8) is 0 Å². The topological polar surface area (TPSA) is 121 Å². The summed E-state index contributed by atoms with van der Waals surface area (Å²) in [5.74, 6) is 0.926. The van der Waals surface area contributed by atoms with Gasteiger partial charge in [0.2, 0.25) is 15.9 Å². The Morgan fingerprint density at radius 2 is 1.93 bits per heavy atom. The van der Waals surface area contributed by atoms with E-state index < -0.39 is 10.0 Å². The standard InChI is InChI=1S/C19H31N5O4S/c1-3-20-19(22-10-9-21-18(25)16-7-8-16)23-14-15-5-4-6-17(13-15)29(26,27)24-11-12-28-2/h4-6,13,16,24H,3,7-12,14H2,1-2H3,(H,21,25)(H2,20,22,23). The van der Waals surface area contributed by atoms with Crippen molar-refractivity contribution in [3.05, 3.63) is 29.8 Å². The first-order chi connectivity index (χ1) is 14.0. The predicted octanol–water partition coefficient (Wildman–Crippen LogP) is 0.193. The largest absolute Gasteiger partial charge is 0.383 e. The minimum absolute atomic E-state index is 0.117. The smallest absolute Gasteiger partial charge is 0.240 e. The van der Waals surface area contributed by atoms with E-state index in [9.17, 15) is 13.2 Å². The highest BCUT2D eigenvalue weighted by molar-refractivity contribution is 7.89. The van der Waals surface area contributed by atoms with Crippen molar-refractivity contribution in [1.29, 1.82) is 0 Å². The maximum absolute atomic E-state index is 12.3. The summed E-state index contributed by atoms with van der Waals surface area (Å²) in [4.78, 5) is 16.3. The number of sulfonamides is 1. The number of hydrogen-bond donors (Lipinski definition) is 4.